The first-order valence-electron chi connectivity index (χ1n) is 4.49. The van der Waals surface area contributed by atoms with Crippen LogP contribution in [0.3, 0.4) is 0 Å². The van der Waals surface area contributed by atoms with E-state index in [2.05, 4.69) is 49.3 Å². The molecule has 0 aliphatic carbocycles. The minimum Gasteiger partial charge on any atom is -0.308 e. The van der Waals surface area contributed by atoms with Gasteiger partial charge >= 0.3 is 0 Å². The van der Waals surface area contributed by atoms with Gasteiger partial charge in [-0.3, -0.25) is 0 Å². The monoisotopic (exact) mass is 399 g/mol. The van der Waals surface area contributed by atoms with Gasteiger partial charge in [0.05, 0.1) is 14.2 Å². The van der Waals surface area contributed by atoms with Crippen LogP contribution in [0.1, 0.15) is 15.8 Å². The molecule has 2 rings (SSSR count). The van der Waals surface area contributed by atoms with Gasteiger partial charge in [0.25, 0.3) is 0 Å². The Bertz CT molecular complexity index is 475. The van der Waals surface area contributed by atoms with Gasteiger partial charge in [-0.2, -0.15) is 0 Å². The van der Waals surface area contributed by atoms with Gasteiger partial charge in [-0.25, -0.2) is 0 Å². The summed E-state index contributed by atoms with van der Waals surface area (Å²) in [6.45, 7) is 0. The van der Waals surface area contributed by atoms with Crippen LogP contribution in [0.5, 0.6) is 0 Å². The summed E-state index contributed by atoms with van der Waals surface area (Å²) in [7, 11) is 1.96. The first-order chi connectivity index (χ1) is 7.61. The third-order valence-electron chi connectivity index (χ3n) is 2.12. The van der Waals surface area contributed by atoms with Gasteiger partial charge in [-0.05, 0) is 57.1 Å². The normalized spacial score (nSPS) is 13.0. The lowest BCUT2D eigenvalue weighted by molar-refractivity contribution is 0.716. The van der Waals surface area contributed by atoms with Crippen molar-refractivity contribution in [2.24, 2.45) is 0 Å². The van der Waals surface area contributed by atoms with Crippen molar-refractivity contribution in [3.63, 3.8) is 0 Å². The van der Waals surface area contributed by atoms with Crippen molar-refractivity contribution in [3.05, 3.63) is 40.5 Å². The Morgan fingerprint density at radius 1 is 1.25 bits per heavy atom. The highest BCUT2D eigenvalue weighted by atomic mass is 79.9. The number of thiophene rings is 2. The van der Waals surface area contributed by atoms with E-state index in [0.717, 1.165) is 12.6 Å². The quantitative estimate of drug-likeness (QED) is 0.736. The average molecular weight is 402 g/mol. The van der Waals surface area contributed by atoms with Crippen LogP contribution in [-0.4, -0.2) is 7.05 Å². The number of hydrogen-bond acceptors (Lipinski definition) is 3. The first-order valence-corrected chi connectivity index (χ1v) is 8.08. The van der Waals surface area contributed by atoms with Crippen LogP contribution >= 0.6 is 66.1 Å². The molecule has 1 N–H and O–H groups in total. The van der Waals surface area contributed by atoms with E-state index in [-0.39, 0.29) is 6.04 Å². The molecule has 86 valence electrons. The highest BCUT2D eigenvalue weighted by Crippen LogP contribution is 2.39. The second-order valence-corrected chi connectivity index (χ2v) is 8.14. The molecule has 1 nitrogen and oxygen atoms in total. The maximum Gasteiger partial charge on any atom is 0.0931 e. The number of rotatable bonds is 3. The van der Waals surface area contributed by atoms with Gasteiger partial charge < -0.3 is 5.32 Å². The molecule has 2 aromatic heterocycles. The minimum atomic E-state index is 0.213. The predicted molar refractivity (Wildman–Crippen MR) is 80.0 cm³/mol. The van der Waals surface area contributed by atoms with E-state index in [4.69, 9.17) is 11.6 Å². The Labute approximate surface area is 124 Å². The highest BCUT2D eigenvalue weighted by molar-refractivity contribution is 9.13. The van der Waals surface area contributed by atoms with Crippen LogP contribution in [0.15, 0.2) is 26.5 Å². The molecule has 0 aromatic carbocycles. The molecule has 2 aromatic rings. The molecule has 2 heterocycles. The fourth-order valence-electron chi connectivity index (χ4n) is 1.41. The van der Waals surface area contributed by atoms with Crippen molar-refractivity contribution in [1.29, 1.82) is 0 Å². The highest BCUT2D eigenvalue weighted by Gasteiger charge is 2.17. The van der Waals surface area contributed by atoms with Gasteiger partial charge in [0.2, 0.25) is 0 Å². The number of nitrogens with one attached hydrogen (secondary N) is 1. The van der Waals surface area contributed by atoms with Crippen molar-refractivity contribution in [2.75, 3.05) is 7.05 Å². The van der Waals surface area contributed by atoms with Gasteiger partial charge in [-0.15, -0.1) is 22.7 Å². The summed E-state index contributed by atoms with van der Waals surface area (Å²) in [4.78, 5) is 2.49. The lowest BCUT2D eigenvalue weighted by Gasteiger charge is -2.11. The van der Waals surface area contributed by atoms with Crippen LogP contribution in [0, 0.1) is 0 Å². The van der Waals surface area contributed by atoms with Crippen LogP contribution < -0.4 is 5.32 Å². The van der Waals surface area contributed by atoms with Gasteiger partial charge in [0, 0.05) is 14.2 Å². The predicted octanol–water partition coefficient (Wildman–Crippen LogP) is 5.30. The van der Waals surface area contributed by atoms with Gasteiger partial charge in [0.15, 0.2) is 0 Å². The fraction of sp³-hybridized carbons (Fsp3) is 0.200. The van der Waals surface area contributed by atoms with E-state index < -0.39 is 0 Å². The first kappa shape index (κ1) is 13.1. The molecule has 0 spiro atoms. The summed E-state index contributed by atoms with van der Waals surface area (Å²) in [6, 6.07) is 6.34. The molecule has 1 unspecified atom stereocenters. The molecular formula is C10H8Br2ClNS2. The second kappa shape index (κ2) is 5.50. The van der Waals surface area contributed by atoms with E-state index >= 15 is 0 Å². The Morgan fingerprint density at radius 3 is 2.44 bits per heavy atom. The zero-order valence-electron chi connectivity index (χ0n) is 8.26. The number of hydrogen-bond donors (Lipinski definition) is 1. The summed E-state index contributed by atoms with van der Waals surface area (Å²) in [6.07, 6.45) is 0. The molecule has 0 aliphatic heterocycles. The second-order valence-electron chi connectivity index (χ2n) is 3.13. The van der Waals surface area contributed by atoms with Crippen LogP contribution in [-0.2, 0) is 0 Å². The standard InChI is InChI=1S/C10H8Br2ClNS2/c1-14-9(6-2-3-8(13)15-6)7-4-5(11)10(12)16-7/h2-4,9,14H,1H3. The van der Waals surface area contributed by atoms with E-state index in [0.29, 0.717) is 0 Å². The maximum absolute atomic E-state index is 5.96. The zero-order valence-corrected chi connectivity index (χ0v) is 13.8. The SMILES string of the molecule is CNC(c1ccc(Cl)s1)c1cc(Br)c(Br)s1. The largest absolute Gasteiger partial charge is 0.308 e. The van der Waals surface area contributed by atoms with Crippen molar-refractivity contribution in [1.82, 2.24) is 5.32 Å². The third kappa shape index (κ3) is 2.71. The molecular weight excluding hydrogens is 394 g/mol. The smallest absolute Gasteiger partial charge is 0.0931 e. The molecule has 0 bridgehead atoms. The van der Waals surface area contributed by atoms with Crippen molar-refractivity contribution < 1.29 is 0 Å². The Kier molecular flexibility index (Phi) is 4.49. The van der Waals surface area contributed by atoms with Gasteiger partial charge in [-0.1, -0.05) is 11.6 Å². The lowest BCUT2D eigenvalue weighted by Crippen LogP contribution is -2.14. The molecule has 16 heavy (non-hydrogen) atoms. The zero-order chi connectivity index (χ0) is 11.7. The Morgan fingerprint density at radius 2 is 2.00 bits per heavy atom. The average Bonchev–Trinajstić information content (AvgIpc) is 2.77. The summed E-state index contributed by atoms with van der Waals surface area (Å²) >= 11 is 16.3. The van der Waals surface area contributed by atoms with E-state index in [1.54, 1.807) is 22.7 Å². The molecule has 0 radical (unpaired) electrons. The van der Waals surface area contributed by atoms with Crippen LogP contribution in [0.4, 0.5) is 0 Å². The maximum atomic E-state index is 5.96. The lowest BCUT2D eigenvalue weighted by atomic mass is 10.2. The Hall–Kier alpha value is 0.610. The summed E-state index contributed by atoms with van der Waals surface area (Å²) in [5, 5.41) is 3.31. The van der Waals surface area contributed by atoms with Gasteiger partial charge in [0.1, 0.15) is 0 Å². The van der Waals surface area contributed by atoms with E-state index in [9.17, 15) is 0 Å². The van der Waals surface area contributed by atoms with E-state index in [1.807, 2.05) is 13.1 Å². The topological polar surface area (TPSA) is 12.0 Å². The Balaban J connectivity index is 2.36. The third-order valence-corrected chi connectivity index (χ3v) is 6.73. The summed E-state index contributed by atoms with van der Waals surface area (Å²) in [5.41, 5.74) is 0. The molecule has 0 amide bonds. The summed E-state index contributed by atoms with van der Waals surface area (Å²) in [5.74, 6) is 0. The summed E-state index contributed by atoms with van der Waals surface area (Å²) < 4.78 is 3.03. The van der Waals surface area contributed by atoms with Crippen molar-refractivity contribution in [2.45, 2.75) is 6.04 Å². The molecule has 1 atom stereocenters. The molecule has 0 aliphatic rings. The molecule has 0 saturated carbocycles. The van der Waals surface area contributed by atoms with Crippen LogP contribution in [0.2, 0.25) is 4.34 Å². The molecule has 0 fully saturated rings. The fourth-order valence-corrected chi connectivity index (χ4v) is 4.90. The van der Waals surface area contributed by atoms with Crippen LogP contribution in [0.25, 0.3) is 0 Å². The van der Waals surface area contributed by atoms with E-state index in [1.165, 1.54) is 9.75 Å². The van der Waals surface area contributed by atoms with Crippen molar-refractivity contribution >= 4 is 66.1 Å². The molecule has 0 saturated heterocycles. The minimum absolute atomic E-state index is 0.213. The van der Waals surface area contributed by atoms with Crippen molar-refractivity contribution in [3.8, 4) is 0 Å². The number of halogens is 3. The molecule has 6 heteroatoms.